The van der Waals surface area contributed by atoms with Crippen molar-refractivity contribution < 1.29 is 9.26 Å². The molecule has 2 aromatic heterocycles. The first kappa shape index (κ1) is 14.2. The number of methoxy groups -OCH3 is 1. The summed E-state index contributed by atoms with van der Waals surface area (Å²) in [6.07, 6.45) is 0. The summed E-state index contributed by atoms with van der Waals surface area (Å²) in [7, 11) is 1.61. The van der Waals surface area contributed by atoms with Crippen LogP contribution in [-0.4, -0.2) is 17.3 Å². The van der Waals surface area contributed by atoms with E-state index in [9.17, 15) is 0 Å². The molecule has 0 spiro atoms. The van der Waals surface area contributed by atoms with Gasteiger partial charge in [-0.1, -0.05) is 5.16 Å². The molecule has 6 heteroatoms. The quantitative estimate of drug-likeness (QED) is 0.882. The van der Waals surface area contributed by atoms with Gasteiger partial charge in [0, 0.05) is 22.9 Å². The average molecular weight is 281 g/mol. The van der Waals surface area contributed by atoms with Crippen molar-refractivity contribution in [3.63, 3.8) is 0 Å². The third kappa shape index (κ3) is 3.62. The van der Waals surface area contributed by atoms with Crippen LogP contribution in [0.3, 0.4) is 0 Å². The monoisotopic (exact) mass is 281 g/mol. The maximum Gasteiger partial charge on any atom is 0.240 e. The van der Waals surface area contributed by atoms with Crippen LogP contribution in [0.15, 0.2) is 10.6 Å². The summed E-state index contributed by atoms with van der Waals surface area (Å²) in [6, 6.07) is 2.49. The van der Waals surface area contributed by atoms with Crippen molar-refractivity contribution in [3.8, 4) is 0 Å². The lowest BCUT2D eigenvalue weighted by molar-refractivity contribution is 0.174. The van der Waals surface area contributed by atoms with Gasteiger partial charge < -0.3 is 14.6 Å². The Labute approximate surface area is 117 Å². The second-order valence-corrected chi connectivity index (χ2v) is 5.97. The van der Waals surface area contributed by atoms with Gasteiger partial charge in [0.15, 0.2) is 5.82 Å². The van der Waals surface area contributed by atoms with Gasteiger partial charge in [-0.05, 0) is 32.4 Å². The van der Waals surface area contributed by atoms with E-state index in [0.717, 1.165) is 0 Å². The fourth-order valence-electron chi connectivity index (χ4n) is 1.98. The third-order valence-corrected chi connectivity index (χ3v) is 3.87. The smallest absolute Gasteiger partial charge is 0.240 e. The molecule has 1 N–H and O–H groups in total. The van der Waals surface area contributed by atoms with Crippen LogP contribution >= 0.6 is 11.3 Å². The molecule has 0 aliphatic carbocycles. The molecule has 0 aliphatic rings. The van der Waals surface area contributed by atoms with Gasteiger partial charge in [0.25, 0.3) is 0 Å². The van der Waals surface area contributed by atoms with Crippen LogP contribution in [0, 0.1) is 13.8 Å². The van der Waals surface area contributed by atoms with E-state index in [1.807, 2.05) is 11.3 Å². The Morgan fingerprint density at radius 1 is 1.47 bits per heavy atom. The molecule has 5 nitrogen and oxygen atoms in total. The van der Waals surface area contributed by atoms with Gasteiger partial charge in [-0.25, -0.2) is 0 Å². The second kappa shape index (κ2) is 6.27. The fourth-order valence-corrected chi connectivity index (χ4v) is 3.00. The SMILES string of the molecule is COCc1noc(CN[C@@H](C)c2cc(C)sc2C)n1. The Hall–Kier alpha value is -1.24. The lowest BCUT2D eigenvalue weighted by Crippen LogP contribution is -2.18. The number of thiophene rings is 1. The maximum absolute atomic E-state index is 5.14. The molecule has 104 valence electrons. The van der Waals surface area contributed by atoms with E-state index in [1.165, 1.54) is 15.3 Å². The summed E-state index contributed by atoms with van der Waals surface area (Å²) in [4.78, 5) is 6.92. The van der Waals surface area contributed by atoms with Gasteiger partial charge in [0.1, 0.15) is 6.61 Å². The van der Waals surface area contributed by atoms with Crippen molar-refractivity contribution in [2.75, 3.05) is 7.11 Å². The normalized spacial score (nSPS) is 12.8. The van der Waals surface area contributed by atoms with Crippen molar-refractivity contribution >= 4 is 11.3 Å². The van der Waals surface area contributed by atoms with Gasteiger partial charge in [-0.2, -0.15) is 4.98 Å². The molecule has 0 aliphatic heterocycles. The minimum atomic E-state index is 0.266. The second-order valence-electron chi connectivity index (χ2n) is 4.51. The van der Waals surface area contributed by atoms with Crippen molar-refractivity contribution in [2.45, 2.75) is 40.0 Å². The number of ether oxygens (including phenoxy) is 1. The molecule has 0 saturated heterocycles. The number of aromatic nitrogens is 2. The Morgan fingerprint density at radius 3 is 2.89 bits per heavy atom. The van der Waals surface area contributed by atoms with Crippen LogP contribution < -0.4 is 5.32 Å². The zero-order chi connectivity index (χ0) is 13.8. The van der Waals surface area contributed by atoms with E-state index in [1.54, 1.807) is 7.11 Å². The van der Waals surface area contributed by atoms with E-state index in [4.69, 9.17) is 9.26 Å². The van der Waals surface area contributed by atoms with Gasteiger partial charge in [-0.3, -0.25) is 0 Å². The van der Waals surface area contributed by atoms with Crippen molar-refractivity contribution in [1.82, 2.24) is 15.5 Å². The molecule has 19 heavy (non-hydrogen) atoms. The number of rotatable bonds is 6. The molecule has 0 amide bonds. The first-order valence-corrected chi connectivity index (χ1v) is 7.02. The van der Waals surface area contributed by atoms with Gasteiger partial charge >= 0.3 is 0 Å². The fraction of sp³-hybridized carbons (Fsp3) is 0.538. The Morgan fingerprint density at radius 2 is 2.26 bits per heavy atom. The van der Waals surface area contributed by atoms with Crippen molar-refractivity contribution in [1.29, 1.82) is 0 Å². The highest BCUT2D eigenvalue weighted by Crippen LogP contribution is 2.26. The van der Waals surface area contributed by atoms with Crippen LogP contribution in [0.2, 0.25) is 0 Å². The van der Waals surface area contributed by atoms with Crippen LogP contribution in [0.5, 0.6) is 0 Å². The Balaban J connectivity index is 1.92. The predicted molar refractivity (Wildman–Crippen MR) is 74.1 cm³/mol. The third-order valence-electron chi connectivity index (χ3n) is 2.89. The molecule has 0 aromatic carbocycles. The molecule has 0 fully saturated rings. The Bertz CT molecular complexity index is 536. The van der Waals surface area contributed by atoms with E-state index in [0.29, 0.717) is 24.9 Å². The highest BCUT2D eigenvalue weighted by atomic mass is 32.1. The average Bonchev–Trinajstić information content (AvgIpc) is 2.93. The minimum absolute atomic E-state index is 0.266. The number of hydrogen-bond acceptors (Lipinski definition) is 6. The molecule has 1 atom stereocenters. The molecule has 2 rings (SSSR count). The summed E-state index contributed by atoms with van der Waals surface area (Å²) < 4.78 is 10.1. The molecule has 0 radical (unpaired) electrons. The lowest BCUT2D eigenvalue weighted by Gasteiger charge is -2.11. The minimum Gasteiger partial charge on any atom is -0.377 e. The molecule has 0 saturated carbocycles. The molecular formula is C13H19N3O2S. The number of aryl methyl sites for hydroxylation is 2. The predicted octanol–water partition coefficient (Wildman–Crippen LogP) is 2.75. The van der Waals surface area contributed by atoms with E-state index >= 15 is 0 Å². The summed E-state index contributed by atoms with van der Waals surface area (Å²) in [5.41, 5.74) is 1.33. The van der Waals surface area contributed by atoms with Gasteiger partial charge in [0.05, 0.1) is 6.54 Å². The molecule has 0 bridgehead atoms. The largest absolute Gasteiger partial charge is 0.377 e. The molecular weight excluding hydrogens is 262 g/mol. The lowest BCUT2D eigenvalue weighted by atomic mass is 10.1. The van der Waals surface area contributed by atoms with E-state index in [2.05, 4.69) is 42.3 Å². The van der Waals surface area contributed by atoms with Gasteiger partial charge in [0.2, 0.25) is 5.89 Å². The van der Waals surface area contributed by atoms with Crippen LogP contribution in [-0.2, 0) is 17.9 Å². The molecule has 2 aromatic rings. The van der Waals surface area contributed by atoms with E-state index in [-0.39, 0.29) is 6.04 Å². The van der Waals surface area contributed by atoms with Crippen molar-refractivity contribution in [2.24, 2.45) is 0 Å². The number of hydrogen-bond donors (Lipinski definition) is 1. The van der Waals surface area contributed by atoms with Crippen LogP contribution in [0.1, 0.15) is 40.0 Å². The van der Waals surface area contributed by atoms with E-state index < -0.39 is 0 Å². The summed E-state index contributed by atoms with van der Waals surface area (Å²) in [6.45, 7) is 7.35. The van der Waals surface area contributed by atoms with Crippen molar-refractivity contribution in [3.05, 3.63) is 33.1 Å². The first-order chi connectivity index (χ1) is 9.10. The Kier molecular flexibility index (Phi) is 4.68. The highest BCUT2D eigenvalue weighted by Gasteiger charge is 2.12. The first-order valence-electron chi connectivity index (χ1n) is 6.21. The molecule has 2 heterocycles. The topological polar surface area (TPSA) is 60.2 Å². The number of nitrogens with one attached hydrogen (secondary N) is 1. The highest BCUT2D eigenvalue weighted by molar-refractivity contribution is 7.12. The summed E-state index contributed by atoms with van der Waals surface area (Å²) >= 11 is 1.82. The summed E-state index contributed by atoms with van der Waals surface area (Å²) in [5.74, 6) is 1.16. The summed E-state index contributed by atoms with van der Waals surface area (Å²) in [5, 5.41) is 7.22. The standard InChI is InChI=1S/C13H19N3O2S/c1-8-5-11(10(3)19-8)9(2)14-6-13-15-12(7-17-4)16-18-13/h5,9,14H,6-7H2,1-4H3/t9-/m0/s1. The number of nitrogens with zero attached hydrogens (tertiary/aromatic N) is 2. The maximum atomic E-state index is 5.14. The van der Waals surface area contributed by atoms with Crippen LogP contribution in [0.4, 0.5) is 0 Å². The molecule has 0 unspecified atom stereocenters. The zero-order valence-electron chi connectivity index (χ0n) is 11.7. The van der Waals surface area contributed by atoms with Crippen LogP contribution in [0.25, 0.3) is 0 Å². The van der Waals surface area contributed by atoms with Gasteiger partial charge in [-0.15, -0.1) is 11.3 Å². The zero-order valence-corrected chi connectivity index (χ0v) is 12.5.